The zero-order valence-electron chi connectivity index (χ0n) is 9.22. The van der Waals surface area contributed by atoms with Gasteiger partial charge in [-0.2, -0.15) is 0 Å². The van der Waals surface area contributed by atoms with Crippen LogP contribution in [-0.2, 0) is 4.74 Å². The van der Waals surface area contributed by atoms with Crippen LogP contribution < -0.4 is 10.6 Å². The fourth-order valence-corrected chi connectivity index (χ4v) is 1.99. The van der Waals surface area contributed by atoms with Crippen molar-refractivity contribution in [2.24, 2.45) is 5.73 Å². The van der Waals surface area contributed by atoms with Crippen LogP contribution in [-0.4, -0.2) is 36.3 Å². The van der Waals surface area contributed by atoms with Gasteiger partial charge in [-0.25, -0.2) is 0 Å². The quantitative estimate of drug-likeness (QED) is 0.793. The molecule has 5 heteroatoms. The fourth-order valence-electron chi connectivity index (χ4n) is 1.87. The summed E-state index contributed by atoms with van der Waals surface area (Å²) in [6.45, 7) is 1.93. The summed E-state index contributed by atoms with van der Waals surface area (Å²) in [5, 5.41) is 0. The number of aromatic nitrogens is 1. The van der Waals surface area contributed by atoms with Crippen LogP contribution >= 0.6 is 12.2 Å². The molecule has 1 saturated heterocycles. The van der Waals surface area contributed by atoms with Crippen LogP contribution in [0.2, 0.25) is 0 Å². The molecule has 1 aliphatic rings. The van der Waals surface area contributed by atoms with Gasteiger partial charge in [0.2, 0.25) is 0 Å². The van der Waals surface area contributed by atoms with E-state index in [9.17, 15) is 0 Å². The highest BCUT2D eigenvalue weighted by Crippen LogP contribution is 2.20. The number of methoxy groups -OCH3 is 1. The summed E-state index contributed by atoms with van der Waals surface area (Å²) in [5.74, 6) is 0. The van der Waals surface area contributed by atoms with Gasteiger partial charge in [0.25, 0.3) is 0 Å². The van der Waals surface area contributed by atoms with Crippen LogP contribution in [0.25, 0.3) is 0 Å². The first-order valence-electron chi connectivity index (χ1n) is 5.24. The molecule has 1 aliphatic heterocycles. The summed E-state index contributed by atoms with van der Waals surface area (Å²) < 4.78 is 5.32. The van der Waals surface area contributed by atoms with Gasteiger partial charge in [-0.15, -0.1) is 0 Å². The predicted octanol–water partition coefficient (Wildman–Crippen LogP) is 0.941. The molecule has 0 amide bonds. The van der Waals surface area contributed by atoms with Crippen LogP contribution in [0.5, 0.6) is 0 Å². The molecule has 2 rings (SSSR count). The van der Waals surface area contributed by atoms with Crippen molar-refractivity contribution in [2.75, 3.05) is 25.1 Å². The summed E-state index contributed by atoms with van der Waals surface area (Å²) in [7, 11) is 1.75. The maximum atomic E-state index is 5.50. The number of hydrogen-bond acceptors (Lipinski definition) is 4. The summed E-state index contributed by atoms with van der Waals surface area (Å²) in [6, 6.07) is 3.86. The van der Waals surface area contributed by atoms with E-state index in [1.54, 1.807) is 7.11 Å². The lowest BCUT2D eigenvalue weighted by atomic mass is 10.3. The molecule has 0 saturated carbocycles. The van der Waals surface area contributed by atoms with E-state index in [2.05, 4.69) is 9.88 Å². The molecular formula is C11H15N3OS. The maximum Gasteiger partial charge on any atom is 0.122 e. The zero-order chi connectivity index (χ0) is 11.5. The largest absolute Gasteiger partial charge is 0.388 e. The normalized spacial score (nSPS) is 20.1. The Morgan fingerprint density at radius 1 is 1.62 bits per heavy atom. The Hall–Kier alpha value is -1.20. The maximum absolute atomic E-state index is 5.50. The topological polar surface area (TPSA) is 51.4 Å². The van der Waals surface area contributed by atoms with Crippen molar-refractivity contribution >= 4 is 22.9 Å². The molecule has 16 heavy (non-hydrogen) atoms. The summed E-state index contributed by atoms with van der Waals surface area (Å²) in [5.41, 5.74) is 7.26. The highest BCUT2D eigenvalue weighted by Gasteiger charge is 2.22. The molecule has 1 atom stereocenters. The first kappa shape index (κ1) is 11.3. The van der Waals surface area contributed by atoms with Gasteiger partial charge in [0.15, 0.2) is 0 Å². The third-order valence-corrected chi connectivity index (χ3v) is 3.05. The van der Waals surface area contributed by atoms with E-state index in [1.165, 1.54) is 0 Å². The summed E-state index contributed by atoms with van der Waals surface area (Å²) in [4.78, 5) is 6.82. The Morgan fingerprint density at radius 3 is 2.94 bits per heavy atom. The lowest BCUT2D eigenvalue weighted by Gasteiger charge is -2.17. The number of nitrogens with zero attached hydrogens (tertiary/aromatic N) is 2. The number of nitrogens with two attached hydrogens (primary N) is 1. The van der Waals surface area contributed by atoms with Crippen molar-refractivity contribution in [1.82, 2.24) is 4.98 Å². The van der Waals surface area contributed by atoms with Gasteiger partial charge < -0.3 is 15.4 Å². The molecule has 1 fully saturated rings. The number of pyridine rings is 1. The van der Waals surface area contributed by atoms with E-state index in [4.69, 9.17) is 22.7 Å². The highest BCUT2D eigenvalue weighted by molar-refractivity contribution is 7.80. The van der Waals surface area contributed by atoms with Gasteiger partial charge in [0.1, 0.15) is 4.99 Å². The second-order valence-corrected chi connectivity index (χ2v) is 4.30. The second kappa shape index (κ2) is 4.76. The lowest BCUT2D eigenvalue weighted by molar-refractivity contribution is 0.121. The molecule has 86 valence electrons. The number of rotatable bonds is 3. The molecule has 4 nitrogen and oxygen atoms in total. The van der Waals surface area contributed by atoms with E-state index >= 15 is 0 Å². The van der Waals surface area contributed by atoms with E-state index in [0.717, 1.165) is 25.2 Å². The van der Waals surface area contributed by atoms with Crippen molar-refractivity contribution < 1.29 is 4.74 Å². The van der Waals surface area contributed by atoms with Gasteiger partial charge in [0, 0.05) is 20.2 Å². The molecule has 0 radical (unpaired) electrons. The third-order valence-electron chi connectivity index (χ3n) is 2.84. The molecule has 0 aliphatic carbocycles. The minimum absolute atomic E-state index is 0.329. The molecule has 0 spiro atoms. The zero-order valence-corrected chi connectivity index (χ0v) is 10.0. The fraction of sp³-hybridized carbons (Fsp3) is 0.455. The Morgan fingerprint density at radius 2 is 2.44 bits per heavy atom. The molecular weight excluding hydrogens is 222 g/mol. The monoisotopic (exact) mass is 237 g/mol. The Balaban J connectivity index is 2.08. The van der Waals surface area contributed by atoms with Crippen molar-refractivity contribution in [1.29, 1.82) is 0 Å². The van der Waals surface area contributed by atoms with E-state index < -0.39 is 0 Å². The molecule has 1 unspecified atom stereocenters. The van der Waals surface area contributed by atoms with Gasteiger partial charge in [-0.05, 0) is 18.6 Å². The van der Waals surface area contributed by atoms with Gasteiger partial charge in [-0.3, -0.25) is 4.98 Å². The van der Waals surface area contributed by atoms with E-state index in [0.29, 0.717) is 16.8 Å². The van der Waals surface area contributed by atoms with Crippen molar-refractivity contribution in [2.45, 2.75) is 12.5 Å². The van der Waals surface area contributed by atoms with Crippen molar-refractivity contribution in [3.8, 4) is 0 Å². The number of hydrogen-bond donors (Lipinski definition) is 1. The minimum Gasteiger partial charge on any atom is -0.388 e. The van der Waals surface area contributed by atoms with Gasteiger partial charge in [0.05, 0.1) is 23.7 Å². The Labute approximate surface area is 100 Å². The molecule has 0 bridgehead atoms. The molecule has 1 aromatic heterocycles. The van der Waals surface area contributed by atoms with Crippen LogP contribution in [0.1, 0.15) is 12.1 Å². The van der Waals surface area contributed by atoms with E-state index in [-0.39, 0.29) is 0 Å². The van der Waals surface area contributed by atoms with Crippen LogP contribution in [0, 0.1) is 0 Å². The second-order valence-electron chi connectivity index (χ2n) is 3.86. The lowest BCUT2D eigenvalue weighted by Crippen LogP contribution is -2.22. The smallest absolute Gasteiger partial charge is 0.122 e. The Bertz CT molecular complexity index is 379. The van der Waals surface area contributed by atoms with E-state index in [1.807, 2.05) is 18.3 Å². The molecule has 2 N–H and O–H groups in total. The van der Waals surface area contributed by atoms with Crippen LogP contribution in [0.15, 0.2) is 18.3 Å². The summed E-state index contributed by atoms with van der Waals surface area (Å²) in [6.07, 6.45) is 3.20. The average molecular weight is 237 g/mol. The van der Waals surface area contributed by atoms with Crippen LogP contribution in [0.3, 0.4) is 0 Å². The first-order chi connectivity index (χ1) is 7.70. The SMILES string of the molecule is COC1CCN(c2ccc(C(N)=S)nc2)C1. The minimum atomic E-state index is 0.329. The summed E-state index contributed by atoms with van der Waals surface area (Å²) >= 11 is 4.86. The molecule has 0 aromatic carbocycles. The average Bonchev–Trinajstić information content (AvgIpc) is 2.77. The third kappa shape index (κ3) is 2.31. The van der Waals surface area contributed by atoms with Gasteiger partial charge >= 0.3 is 0 Å². The molecule has 2 heterocycles. The first-order valence-corrected chi connectivity index (χ1v) is 5.65. The van der Waals surface area contributed by atoms with Crippen molar-refractivity contribution in [3.63, 3.8) is 0 Å². The van der Waals surface area contributed by atoms with Crippen LogP contribution in [0.4, 0.5) is 5.69 Å². The van der Waals surface area contributed by atoms with Gasteiger partial charge in [-0.1, -0.05) is 12.2 Å². The highest BCUT2D eigenvalue weighted by atomic mass is 32.1. The number of thiocarbonyl (C=S) groups is 1. The van der Waals surface area contributed by atoms with Crippen molar-refractivity contribution in [3.05, 3.63) is 24.0 Å². The molecule has 1 aromatic rings. The standard InChI is InChI=1S/C11H15N3OS/c1-15-9-4-5-14(7-9)8-2-3-10(11(12)16)13-6-8/h2-3,6,9H,4-5,7H2,1H3,(H2,12,16). The number of ether oxygens (including phenoxy) is 1. The predicted molar refractivity (Wildman–Crippen MR) is 67.8 cm³/mol. The Kier molecular flexibility index (Phi) is 3.36. The number of anilines is 1.